The molecule has 1 aromatic heterocycles. The van der Waals surface area contributed by atoms with Crippen LogP contribution >= 0.6 is 11.6 Å². The highest BCUT2D eigenvalue weighted by Crippen LogP contribution is 2.20. The third-order valence-electron chi connectivity index (χ3n) is 2.23. The number of carbonyl (C=O) groups is 1. The number of aromatic carboxylic acids is 1. The second-order valence-electron chi connectivity index (χ2n) is 5.07. The Kier molecular flexibility index (Phi) is 4.34. The fraction of sp³-hybridized carbons (Fsp3) is 0.500. The molecule has 0 radical (unpaired) electrons. The summed E-state index contributed by atoms with van der Waals surface area (Å²) in [5, 5.41) is 12.1. The monoisotopic (exact) mass is 256 g/mol. The van der Waals surface area contributed by atoms with E-state index in [0.717, 1.165) is 13.0 Å². The van der Waals surface area contributed by atoms with Gasteiger partial charge in [0.15, 0.2) is 5.69 Å². The van der Waals surface area contributed by atoms with Crippen molar-refractivity contribution >= 4 is 23.4 Å². The van der Waals surface area contributed by atoms with E-state index in [1.54, 1.807) is 6.07 Å². The van der Waals surface area contributed by atoms with Crippen LogP contribution in [0.25, 0.3) is 0 Å². The Hall–Kier alpha value is -1.29. The number of hydrogen-bond acceptors (Lipinski definition) is 3. The minimum atomic E-state index is -1.12. The van der Waals surface area contributed by atoms with Crippen LogP contribution in [0.4, 0.5) is 5.82 Å². The van der Waals surface area contributed by atoms with E-state index < -0.39 is 5.97 Å². The lowest BCUT2D eigenvalue weighted by molar-refractivity contribution is 0.0691. The Labute approximate surface area is 106 Å². The van der Waals surface area contributed by atoms with Crippen LogP contribution in [0.5, 0.6) is 0 Å². The van der Waals surface area contributed by atoms with Gasteiger partial charge in [-0.2, -0.15) is 0 Å². The number of pyridine rings is 1. The molecule has 0 aliphatic carbocycles. The van der Waals surface area contributed by atoms with E-state index >= 15 is 0 Å². The largest absolute Gasteiger partial charge is 0.476 e. The first-order chi connectivity index (χ1) is 7.79. The minimum absolute atomic E-state index is 0.118. The number of nitrogens with zero attached hydrogens (tertiary/aromatic N) is 1. The molecule has 1 heterocycles. The maximum Gasteiger partial charge on any atom is 0.356 e. The zero-order valence-corrected chi connectivity index (χ0v) is 11.0. The number of carboxylic acid groups (broad SMARTS) is 1. The molecule has 0 aliphatic heterocycles. The zero-order chi connectivity index (χ0) is 13.1. The van der Waals surface area contributed by atoms with Crippen molar-refractivity contribution in [2.45, 2.75) is 27.2 Å². The molecule has 0 aromatic carbocycles. The minimum Gasteiger partial charge on any atom is -0.476 e. The molecule has 17 heavy (non-hydrogen) atoms. The van der Waals surface area contributed by atoms with Crippen LogP contribution in [-0.2, 0) is 0 Å². The van der Waals surface area contributed by atoms with Crippen LogP contribution in [0.3, 0.4) is 0 Å². The summed E-state index contributed by atoms with van der Waals surface area (Å²) in [6.45, 7) is 7.18. The van der Waals surface area contributed by atoms with Crippen molar-refractivity contribution in [3.8, 4) is 0 Å². The summed E-state index contributed by atoms with van der Waals surface area (Å²) < 4.78 is 0. The number of hydrogen-bond donors (Lipinski definition) is 2. The molecule has 0 spiro atoms. The van der Waals surface area contributed by atoms with Crippen LogP contribution in [-0.4, -0.2) is 22.6 Å². The third kappa shape index (κ3) is 4.61. The van der Waals surface area contributed by atoms with Gasteiger partial charge in [0.1, 0.15) is 5.82 Å². The van der Waals surface area contributed by atoms with Crippen LogP contribution < -0.4 is 5.32 Å². The molecule has 1 rings (SSSR count). The van der Waals surface area contributed by atoms with Crippen molar-refractivity contribution in [1.82, 2.24) is 4.98 Å². The van der Waals surface area contributed by atoms with E-state index in [4.69, 9.17) is 16.7 Å². The standard InChI is InChI=1S/C12H17ClN2O2/c1-12(2,3)6-7-14-9-5-4-8(13)10(15-9)11(16)17/h4-5H,6-7H2,1-3H3,(H,14,15)(H,16,17). The van der Waals surface area contributed by atoms with Gasteiger partial charge in [-0.05, 0) is 24.0 Å². The Bertz CT molecular complexity index is 413. The van der Waals surface area contributed by atoms with Gasteiger partial charge in [0.2, 0.25) is 0 Å². The number of carboxylic acids is 1. The van der Waals surface area contributed by atoms with E-state index in [-0.39, 0.29) is 16.1 Å². The molecule has 0 atom stereocenters. The lowest BCUT2D eigenvalue weighted by atomic mass is 9.92. The molecule has 0 fully saturated rings. The number of rotatable bonds is 4. The first kappa shape index (κ1) is 13.8. The molecule has 0 aliphatic rings. The molecule has 0 bridgehead atoms. The van der Waals surface area contributed by atoms with Gasteiger partial charge in [-0.1, -0.05) is 32.4 Å². The van der Waals surface area contributed by atoms with Crippen molar-refractivity contribution in [2.75, 3.05) is 11.9 Å². The van der Waals surface area contributed by atoms with Crippen molar-refractivity contribution in [2.24, 2.45) is 5.41 Å². The summed E-state index contributed by atoms with van der Waals surface area (Å²) >= 11 is 5.73. The predicted octanol–water partition coefficient (Wildman–Crippen LogP) is 3.28. The molecule has 1 aromatic rings. The number of anilines is 1. The van der Waals surface area contributed by atoms with Gasteiger partial charge in [0.05, 0.1) is 5.02 Å². The van der Waals surface area contributed by atoms with E-state index in [1.165, 1.54) is 6.07 Å². The van der Waals surface area contributed by atoms with Gasteiger partial charge >= 0.3 is 5.97 Å². The van der Waals surface area contributed by atoms with Crippen LogP contribution in [0, 0.1) is 5.41 Å². The predicted molar refractivity (Wildman–Crippen MR) is 68.8 cm³/mol. The topological polar surface area (TPSA) is 62.2 Å². The van der Waals surface area contributed by atoms with Gasteiger partial charge in [-0.3, -0.25) is 0 Å². The van der Waals surface area contributed by atoms with Gasteiger partial charge < -0.3 is 10.4 Å². The van der Waals surface area contributed by atoms with Crippen molar-refractivity contribution in [1.29, 1.82) is 0 Å². The molecule has 94 valence electrons. The highest BCUT2D eigenvalue weighted by atomic mass is 35.5. The summed E-state index contributed by atoms with van der Waals surface area (Å²) in [4.78, 5) is 14.8. The Balaban J connectivity index is 2.67. The summed E-state index contributed by atoms with van der Waals surface area (Å²) in [5.41, 5.74) is 0.113. The highest BCUT2D eigenvalue weighted by molar-refractivity contribution is 6.33. The lowest BCUT2D eigenvalue weighted by Crippen LogP contribution is -2.14. The van der Waals surface area contributed by atoms with Crippen LogP contribution in [0.2, 0.25) is 5.02 Å². The fourth-order valence-corrected chi connectivity index (χ4v) is 1.44. The van der Waals surface area contributed by atoms with E-state index in [9.17, 15) is 4.79 Å². The average Bonchev–Trinajstić information content (AvgIpc) is 2.18. The Morgan fingerprint density at radius 1 is 1.47 bits per heavy atom. The first-order valence-electron chi connectivity index (χ1n) is 5.43. The van der Waals surface area contributed by atoms with E-state index in [0.29, 0.717) is 5.82 Å². The zero-order valence-electron chi connectivity index (χ0n) is 10.2. The lowest BCUT2D eigenvalue weighted by Gasteiger charge is -2.18. The molecule has 0 unspecified atom stereocenters. The number of halogens is 1. The Morgan fingerprint density at radius 2 is 2.12 bits per heavy atom. The highest BCUT2D eigenvalue weighted by Gasteiger charge is 2.12. The van der Waals surface area contributed by atoms with Crippen molar-refractivity contribution < 1.29 is 9.90 Å². The molecule has 4 nitrogen and oxygen atoms in total. The third-order valence-corrected chi connectivity index (χ3v) is 2.53. The summed E-state index contributed by atoms with van der Waals surface area (Å²) in [6, 6.07) is 3.22. The first-order valence-corrected chi connectivity index (χ1v) is 5.81. The molecule has 0 amide bonds. The van der Waals surface area contributed by atoms with E-state index in [1.807, 2.05) is 0 Å². The average molecular weight is 257 g/mol. The molecule has 0 saturated carbocycles. The van der Waals surface area contributed by atoms with Gasteiger partial charge in [0, 0.05) is 6.54 Å². The quantitative estimate of drug-likeness (QED) is 0.868. The van der Waals surface area contributed by atoms with Gasteiger partial charge in [-0.15, -0.1) is 0 Å². The van der Waals surface area contributed by atoms with Crippen LogP contribution in [0.15, 0.2) is 12.1 Å². The summed E-state index contributed by atoms with van der Waals surface area (Å²) in [7, 11) is 0. The van der Waals surface area contributed by atoms with Crippen molar-refractivity contribution in [3.63, 3.8) is 0 Å². The molecule has 2 N–H and O–H groups in total. The smallest absolute Gasteiger partial charge is 0.356 e. The van der Waals surface area contributed by atoms with Gasteiger partial charge in [-0.25, -0.2) is 9.78 Å². The fourth-order valence-electron chi connectivity index (χ4n) is 1.26. The van der Waals surface area contributed by atoms with Crippen molar-refractivity contribution in [3.05, 3.63) is 22.8 Å². The van der Waals surface area contributed by atoms with Crippen LogP contribution in [0.1, 0.15) is 37.7 Å². The number of nitrogens with one attached hydrogen (secondary N) is 1. The normalized spacial score (nSPS) is 11.3. The second kappa shape index (κ2) is 5.36. The SMILES string of the molecule is CC(C)(C)CCNc1ccc(Cl)c(C(=O)O)n1. The maximum absolute atomic E-state index is 10.8. The van der Waals surface area contributed by atoms with Gasteiger partial charge in [0.25, 0.3) is 0 Å². The Morgan fingerprint density at radius 3 is 2.65 bits per heavy atom. The number of aromatic nitrogens is 1. The molecular formula is C12H17ClN2O2. The van der Waals surface area contributed by atoms with E-state index in [2.05, 4.69) is 31.1 Å². The molecule has 5 heteroatoms. The summed E-state index contributed by atoms with van der Waals surface area (Å²) in [6.07, 6.45) is 0.972. The molecule has 0 saturated heterocycles. The maximum atomic E-state index is 10.8. The second-order valence-corrected chi connectivity index (χ2v) is 5.48. The molecular weight excluding hydrogens is 240 g/mol. The summed E-state index contributed by atoms with van der Waals surface area (Å²) in [5.74, 6) is -0.578.